The van der Waals surface area contributed by atoms with E-state index in [0.29, 0.717) is 18.4 Å². The molecule has 0 amide bonds. The summed E-state index contributed by atoms with van der Waals surface area (Å²) in [5.41, 5.74) is 8.28. The largest absolute Gasteiger partial charge is 0.370 e. The van der Waals surface area contributed by atoms with Crippen molar-refractivity contribution in [3.8, 4) is 0 Å². The molecule has 0 heterocycles. The van der Waals surface area contributed by atoms with Gasteiger partial charge < -0.3 is 16.0 Å². The minimum Gasteiger partial charge on any atom is -0.370 e. The van der Waals surface area contributed by atoms with Crippen molar-refractivity contribution in [2.45, 2.75) is 26.9 Å². The minimum absolute atomic E-state index is 0. The fraction of sp³-hybridized carbons (Fsp3) is 0.533. The van der Waals surface area contributed by atoms with E-state index < -0.39 is 0 Å². The quantitative estimate of drug-likeness (QED) is 0.446. The van der Waals surface area contributed by atoms with E-state index in [2.05, 4.69) is 67.4 Å². The van der Waals surface area contributed by atoms with Gasteiger partial charge in [0.05, 0.1) is 6.54 Å². The second-order valence-corrected chi connectivity index (χ2v) is 5.53. The monoisotopic (exact) mass is 390 g/mol. The van der Waals surface area contributed by atoms with Crippen LogP contribution in [0.3, 0.4) is 0 Å². The van der Waals surface area contributed by atoms with Gasteiger partial charge in [-0.2, -0.15) is 0 Å². The molecule has 0 saturated heterocycles. The highest BCUT2D eigenvalue weighted by Gasteiger charge is 1.98. The number of benzene rings is 1. The van der Waals surface area contributed by atoms with Gasteiger partial charge in [-0.1, -0.05) is 38.1 Å². The number of rotatable bonds is 6. The Balaban J connectivity index is 0.00000361. The SMILES string of the molecule is CC(C)CNC(N)=NCc1ccc(CN(C)C)cc1.I. The van der Waals surface area contributed by atoms with Gasteiger partial charge in [-0.15, -0.1) is 24.0 Å². The Kier molecular flexibility index (Phi) is 9.58. The second-order valence-electron chi connectivity index (χ2n) is 5.53. The van der Waals surface area contributed by atoms with Crippen LogP contribution in [-0.2, 0) is 13.1 Å². The molecule has 0 aliphatic rings. The summed E-state index contributed by atoms with van der Waals surface area (Å²) in [7, 11) is 4.14. The average molecular weight is 390 g/mol. The van der Waals surface area contributed by atoms with Crippen LogP contribution in [0.4, 0.5) is 0 Å². The lowest BCUT2D eigenvalue weighted by Crippen LogP contribution is -2.34. The molecule has 20 heavy (non-hydrogen) atoms. The maximum atomic E-state index is 5.80. The van der Waals surface area contributed by atoms with Crippen molar-refractivity contribution >= 4 is 29.9 Å². The van der Waals surface area contributed by atoms with Crippen LogP contribution < -0.4 is 11.1 Å². The number of nitrogens with one attached hydrogen (secondary N) is 1. The number of guanidine groups is 1. The molecular weight excluding hydrogens is 363 g/mol. The zero-order valence-electron chi connectivity index (χ0n) is 12.9. The zero-order valence-corrected chi connectivity index (χ0v) is 15.2. The molecule has 0 spiro atoms. The zero-order chi connectivity index (χ0) is 14.3. The second kappa shape index (κ2) is 9.99. The topological polar surface area (TPSA) is 53.6 Å². The molecule has 0 aliphatic carbocycles. The van der Waals surface area contributed by atoms with Gasteiger partial charge in [0.25, 0.3) is 0 Å². The molecule has 4 nitrogen and oxygen atoms in total. The lowest BCUT2D eigenvalue weighted by Gasteiger charge is -2.10. The highest BCUT2D eigenvalue weighted by molar-refractivity contribution is 14.0. The van der Waals surface area contributed by atoms with E-state index in [1.165, 1.54) is 11.1 Å². The van der Waals surface area contributed by atoms with E-state index in [0.717, 1.165) is 13.1 Å². The Morgan fingerprint density at radius 2 is 1.75 bits per heavy atom. The number of aliphatic imine (C=N–C) groups is 1. The summed E-state index contributed by atoms with van der Waals surface area (Å²) in [5.74, 6) is 1.09. The van der Waals surface area contributed by atoms with Crippen molar-refractivity contribution in [1.82, 2.24) is 10.2 Å². The molecule has 3 N–H and O–H groups in total. The summed E-state index contributed by atoms with van der Waals surface area (Å²) in [4.78, 5) is 6.48. The van der Waals surface area contributed by atoms with Crippen molar-refractivity contribution in [3.05, 3.63) is 35.4 Å². The van der Waals surface area contributed by atoms with Crippen molar-refractivity contribution in [2.24, 2.45) is 16.6 Å². The molecule has 0 fully saturated rings. The minimum atomic E-state index is 0. The molecule has 5 heteroatoms. The van der Waals surface area contributed by atoms with E-state index in [1.54, 1.807) is 0 Å². The third-order valence-electron chi connectivity index (χ3n) is 2.65. The maximum absolute atomic E-state index is 5.80. The Bertz CT molecular complexity index is 399. The van der Waals surface area contributed by atoms with Crippen LogP contribution in [0.5, 0.6) is 0 Å². The molecule has 0 bridgehead atoms. The fourth-order valence-corrected chi connectivity index (χ4v) is 1.66. The molecule has 0 aromatic heterocycles. The Labute approximate surface area is 139 Å². The maximum Gasteiger partial charge on any atom is 0.188 e. The number of nitrogens with two attached hydrogens (primary N) is 1. The summed E-state index contributed by atoms with van der Waals surface area (Å²) >= 11 is 0. The van der Waals surface area contributed by atoms with Gasteiger partial charge in [-0.05, 0) is 31.1 Å². The number of halogens is 1. The molecular formula is C15H27IN4. The normalized spacial score (nSPS) is 11.6. The van der Waals surface area contributed by atoms with Gasteiger partial charge >= 0.3 is 0 Å². The molecule has 0 unspecified atom stereocenters. The summed E-state index contributed by atoms with van der Waals surface area (Å²) < 4.78 is 0. The fourth-order valence-electron chi connectivity index (χ4n) is 1.66. The summed E-state index contributed by atoms with van der Waals surface area (Å²) in [6.45, 7) is 6.73. The Morgan fingerprint density at radius 1 is 1.20 bits per heavy atom. The molecule has 114 valence electrons. The lowest BCUT2D eigenvalue weighted by atomic mass is 10.1. The number of hydrogen-bond acceptors (Lipinski definition) is 2. The lowest BCUT2D eigenvalue weighted by molar-refractivity contribution is 0.402. The van der Waals surface area contributed by atoms with Crippen LogP contribution in [0.1, 0.15) is 25.0 Å². The van der Waals surface area contributed by atoms with Crippen LogP contribution in [0.15, 0.2) is 29.3 Å². The van der Waals surface area contributed by atoms with Crippen LogP contribution in [0.2, 0.25) is 0 Å². The molecule has 1 aromatic carbocycles. The van der Waals surface area contributed by atoms with E-state index in [1.807, 2.05) is 0 Å². The van der Waals surface area contributed by atoms with Crippen molar-refractivity contribution in [1.29, 1.82) is 0 Å². The predicted molar refractivity (Wildman–Crippen MR) is 97.4 cm³/mol. The average Bonchev–Trinajstić information content (AvgIpc) is 2.35. The van der Waals surface area contributed by atoms with Gasteiger partial charge in [-0.25, -0.2) is 4.99 Å². The smallest absolute Gasteiger partial charge is 0.188 e. The van der Waals surface area contributed by atoms with Gasteiger partial charge in [0.15, 0.2) is 5.96 Å². The van der Waals surface area contributed by atoms with Crippen LogP contribution >= 0.6 is 24.0 Å². The first-order chi connectivity index (χ1) is 8.97. The van der Waals surface area contributed by atoms with E-state index in [4.69, 9.17) is 5.73 Å². The third kappa shape index (κ3) is 8.37. The van der Waals surface area contributed by atoms with E-state index in [-0.39, 0.29) is 24.0 Å². The van der Waals surface area contributed by atoms with Gasteiger partial charge in [0.2, 0.25) is 0 Å². The highest BCUT2D eigenvalue weighted by atomic mass is 127. The van der Waals surface area contributed by atoms with Crippen LogP contribution in [0, 0.1) is 5.92 Å². The van der Waals surface area contributed by atoms with Gasteiger partial charge in [-0.3, -0.25) is 0 Å². The molecule has 0 aliphatic heterocycles. The van der Waals surface area contributed by atoms with Crippen molar-refractivity contribution in [2.75, 3.05) is 20.6 Å². The summed E-state index contributed by atoms with van der Waals surface area (Å²) in [6, 6.07) is 8.50. The molecule has 0 atom stereocenters. The molecule has 0 saturated carbocycles. The van der Waals surface area contributed by atoms with Crippen LogP contribution in [-0.4, -0.2) is 31.5 Å². The summed E-state index contributed by atoms with van der Waals surface area (Å²) in [6.07, 6.45) is 0. The number of nitrogens with zero attached hydrogens (tertiary/aromatic N) is 2. The predicted octanol–water partition coefficient (Wildman–Crippen LogP) is 2.43. The van der Waals surface area contributed by atoms with E-state index in [9.17, 15) is 0 Å². The van der Waals surface area contributed by atoms with Crippen molar-refractivity contribution < 1.29 is 0 Å². The highest BCUT2D eigenvalue weighted by Crippen LogP contribution is 2.07. The standard InChI is InChI=1S/C15H26N4.HI/c1-12(2)9-17-15(16)18-10-13-5-7-14(8-6-13)11-19(3)4;/h5-8,12H,9-11H2,1-4H3,(H3,16,17,18);1H. The first kappa shape index (κ1) is 19.2. The first-order valence-electron chi connectivity index (χ1n) is 6.73. The molecule has 0 radical (unpaired) electrons. The van der Waals surface area contributed by atoms with Crippen molar-refractivity contribution in [3.63, 3.8) is 0 Å². The molecule has 1 rings (SSSR count). The number of hydrogen-bond donors (Lipinski definition) is 2. The Morgan fingerprint density at radius 3 is 2.25 bits per heavy atom. The first-order valence-corrected chi connectivity index (χ1v) is 6.73. The van der Waals surface area contributed by atoms with Crippen LogP contribution in [0.25, 0.3) is 0 Å². The summed E-state index contributed by atoms with van der Waals surface area (Å²) in [5, 5.41) is 3.11. The van der Waals surface area contributed by atoms with Gasteiger partial charge in [0.1, 0.15) is 0 Å². The van der Waals surface area contributed by atoms with Gasteiger partial charge in [0, 0.05) is 13.1 Å². The Hall–Kier alpha value is -0.820. The van der Waals surface area contributed by atoms with E-state index >= 15 is 0 Å². The molecule has 1 aromatic rings. The third-order valence-corrected chi connectivity index (χ3v) is 2.65.